The van der Waals surface area contributed by atoms with Crippen molar-refractivity contribution in [3.63, 3.8) is 0 Å². The summed E-state index contributed by atoms with van der Waals surface area (Å²) >= 11 is 0. The first kappa shape index (κ1) is 17.9. The molecule has 0 atom stereocenters. The summed E-state index contributed by atoms with van der Waals surface area (Å²) in [7, 11) is 0. The molecule has 0 aliphatic heterocycles. The van der Waals surface area contributed by atoms with Gasteiger partial charge in [-0.15, -0.1) is 0 Å². The van der Waals surface area contributed by atoms with Crippen LogP contribution in [0.2, 0.25) is 0 Å². The second-order valence-corrected chi connectivity index (χ2v) is 7.10. The van der Waals surface area contributed by atoms with Gasteiger partial charge in [0, 0.05) is 23.9 Å². The van der Waals surface area contributed by atoms with E-state index in [0.717, 1.165) is 35.7 Å². The second kappa shape index (κ2) is 9.55. The number of unbranched alkanes of at least 4 members (excludes halogenated alkanes) is 3. The molecule has 3 rings (SSSR count). The summed E-state index contributed by atoms with van der Waals surface area (Å²) in [6.45, 7) is 3.03. The third-order valence-electron chi connectivity index (χ3n) is 5.10. The molecule has 0 unspecified atom stereocenters. The summed E-state index contributed by atoms with van der Waals surface area (Å²) < 4.78 is 5.81. The van der Waals surface area contributed by atoms with Crippen LogP contribution in [0.15, 0.2) is 36.7 Å². The molecule has 0 amide bonds. The maximum absolute atomic E-state index is 5.81. The number of nitrogens with zero attached hydrogens (tertiary/aromatic N) is 2. The van der Waals surface area contributed by atoms with Gasteiger partial charge in [-0.05, 0) is 37.0 Å². The predicted molar refractivity (Wildman–Crippen MR) is 103 cm³/mol. The van der Waals surface area contributed by atoms with Crippen molar-refractivity contribution in [1.29, 1.82) is 0 Å². The van der Waals surface area contributed by atoms with Gasteiger partial charge in [0.2, 0.25) is 0 Å². The van der Waals surface area contributed by atoms with Crippen molar-refractivity contribution in [2.24, 2.45) is 0 Å². The van der Waals surface area contributed by atoms with Gasteiger partial charge in [-0.25, -0.2) is 9.97 Å². The Morgan fingerprint density at radius 2 is 1.60 bits per heavy atom. The fourth-order valence-corrected chi connectivity index (χ4v) is 3.52. The molecule has 3 nitrogen and oxygen atoms in total. The lowest BCUT2D eigenvalue weighted by atomic mass is 9.88. The Hall–Kier alpha value is -1.90. The molecule has 1 aromatic heterocycles. The number of aromatic nitrogens is 2. The molecule has 1 saturated carbocycles. The smallest absolute Gasteiger partial charge is 0.131 e. The van der Waals surface area contributed by atoms with E-state index in [-0.39, 0.29) is 0 Å². The van der Waals surface area contributed by atoms with Crippen LogP contribution in [-0.4, -0.2) is 16.6 Å². The van der Waals surface area contributed by atoms with Gasteiger partial charge in [0.1, 0.15) is 11.6 Å². The van der Waals surface area contributed by atoms with Gasteiger partial charge < -0.3 is 4.74 Å². The lowest BCUT2D eigenvalue weighted by Crippen LogP contribution is -2.08. The highest BCUT2D eigenvalue weighted by Gasteiger charge is 2.17. The molecule has 0 bridgehead atoms. The molecular weight excluding hydrogens is 308 g/mol. The largest absolute Gasteiger partial charge is 0.494 e. The molecule has 134 valence electrons. The van der Waals surface area contributed by atoms with Crippen LogP contribution in [0.3, 0.4) is 0 Å². The maximum atomic E-state index is 5.81. The maximum Gasteiger partial charge on any atom is 0.131 e. The number of hydrogen-bond acceptors (Lipinski definition) is 3. The molecule has 1 aliphatic carbocycles. The van der Waals surface area contributed by atoms with E-state index < -0.39 is 0 Å². The standard InChI is InChI=1S/C22H30N2O/c1-2-3-4-8-15-25-21-13-11-18(12-14-21)20-16-23-22(24-17-20)19-9-6-5-7-10-19/h11-14,16-17,19H,2-10,15H2,1H3. The average molecular weight is 338 g/mol. The van der Waals surface area contributed by atoms with Crippen LogP contribution in [0.1, 0.15) is 76.5 Å². The normalized spacial score (nSPS) is 15.2. The SMILES string of the molecule is CCCCCCOc1ccc(-c2cnc(C3CCCCC3)nc2)cc1. The molecule has 1 aromatic carbocycles. The van der Waals surface area contributed by atoms with Gasteiger partial charge in [0.25, 0.3) is 0 Å². The Bertz CT molecular complexity index is 615. The molecule has 2 aromatic rings. The fraction of sp³-hybridized carbons (Fsp3) is 0.545. The van der Waals surface area contributed by atoms with Crippen molar-refractivity contribution in [2.75, 3.05) is 6.61 Å². The average Bonchev–Trinajstić information content (AvgIpc) is 2.69. The quantitative estimate of drug-likeness (QED) is 0.541. The minimum absolute atomic E-state index is 0.561. The molecule has 25 heavy (non-hydrogen) atoms. The number of ether oxygens (including phenoxy) is 1. The third kappa shape index (κ3) is 5.29. The first-order valence-electron chi connectivity index (χ1n) is 9.92. The summed E-state index contributed by atoms with van der Waals surface area (Å²) in [6.07, 6.45) is 15.3. The zero-order valence-corrected chi connectivity index (χ0v) is 15.4. The summed E-state index contributed by atoms with van der Waals surface area (Å²) in [5, 5.41) is 0. The van der Waals surface area contributed by atoms with Crippen LogP contribution in [0.4, 0.5) is 0 Å². The molecular formula is C22H30N2O. The zero-order chi connectivity index (χ0) is 17.3. The van der Waals surface area contributed by atoms with Crippen molar-refractivity contribution >= 4 is 0 Å². The highest BCUT2D eigenvalue weighted by Crippen LogP contribution is 2.31. The van der Waals surface area contributed by atoms with Crippen LogP contribution in [0.25, 0.3) is 11.1 Å². The zero-order valence-electron chi connectivity index (χ0n) is 15.4. The van der Waals surface area contributed by atoms with Crippen molar-refractivity contribution in [3.8, 4) is 16.9 Å². The van der Waals surface area contributed by atoms with Crippen LogP contribution >= 0.6 is 0 Å². The van der Waals surface area contributed by atoms with Crippen molar-refractivity contribution < 1.29 is 4.74 Å². The van der Waals surface area contributed by atoms with E-state index in [1.807, 2.05) is 24.5 Å². The van der Waals surface area contributed by atoms with E-state index in [1.165, 1.54) is 51.4 Å². The van der Waals surface area contributed by atoms with Crippen LogP contribution < -0.4 is 4.74 Å². The van der Waals surface area contributed by atoms with Gasteiger partial charge in [0.05, 0.1) is 6.61 Å². The van der Waals surface area contributed by atoms with E-state index in [1.54, 1.807) is 0 Å². The molecule has 1 fully saturated rings. The van der Waals surface area contributed by atoms with E-state index in [0.29, 0.717) is 5.92 Å². The van der Waals surface area contributed by atoms with Crippen molar-refractivity contribution in [1.82, 2.24) is 9.97 Å². The fourth-order valence-electron chi connectivity index (χ4n) is 3.52. The lowest BCUT2D eigenvalue weighted by molar-refractivity contribution is 0.305. The Balaban J connectivity index is 1.54. The summed E-state index contributed by atoms with van der Waals surface area (Å²) in [4.78, 5) is 9.27. The minimum atomic E-state index is 0.561. The molecule has 1 aliphatic rings. The van der Waals surface area contributed by atoms with E-state index in [4.69, 9.17) is 4.74 Å². The summed E-state index contributed by atoms with van der Waals surface area (Å²) in [5.41, 5.74) is 2.22. The van der Waals surface area contributed by atoms with Crippen molar-refractivity contribution in [3.05, 3.63) is 42.5 Å². The first-order chi connectivity index (χ1) is 12.4. The van der Waals surface area contributed by atoms with E-state index in [9.17, 15) is 0 Å². The Morgan fingerprint density at radius 1 is 0.880 bits per heavy atom. The summed E-state index contributed by atoms with van der Waals surface area (Å²) in [5.74, 6) is 2.53. The van der Waals surface area contributed by atoms with Crippen molar-refractivity contribution in [2.45, 2.75) is 70.6 Å². The van der Waals surface area contributed by atoms with Gasteiger partial charge in [0.15, 0.2) is 0 Å². The molecule has 0 spiro atoms. The topological polar surface area (TPSA) is 35.0 Å². The Morgan fingerprint density at radius 3 is 2.28 bits per heavy atom. The summed E-state index contributed by atoms with van der Waals surface area (Å²) in [6, 6.07) is 8.29. The third-order valence-corrected chi connectivity index (χ3v) is 5.10. The Kier molecular flexibility index (Phi) is 6.84. The monoisotopic (exact) mass is 338 g/mol. The molecule has 0 radical (unpaired) electrons. The second-order valence-electron chi connectivity index (χ2n) is 7.10. The van der Waals surface area contributed by atoms with Gasteiger partial charge in [-0.2, -0.15) is 0 Å². The molecule has 3 heteroatoms. The highest BCUT2D eigenvalue weighted by atomic mass is 16.5. The predicted octanol–water partition coefficient (Wildman–Crippen LogP) is 6.15. The van der Waals surface area contributed by atoms with Gasteiger partial charge in [-0.3, -0.25) is 0 Å². The number of rotatable bonds is 8. The minimum Gasteiger partial charge on any atom is -0.494 e. The lowest BCUT2D eigenvalue weighted by Gasteiger charge is -2.20. The van der Waals surface area contributed by atoms with Gasteiger partial charge >= 0.3 is 0 Å². The molecule has 1 heterocycles. The number of benzene rings is 1. The Labute approximate surface area is 151 Å². The van der Waals surface area contributed by atoms with Gasteiger partial charge in [-0.1, -0.05) is 57.6 Å². The van der Waals surface area contributed by atoms with E-state index >= 15 is 0 Å². The van der Waals surface area contributed by atoms with Crippen LogP contribution in [0, 0.1) is 0 Å². The van der Waals surface area contributed by atoms with Crippen LogP contribution in [0.5, 0.6) is 5.75 Å². The molecule has 0 saturated heterocycles. The molecule has 0 N–H and O–H groups in total. The van der Waals surface area contributed by atoms with E-state index in [2.05, 4.69) is 29.0 Å². The number of hydrogen-bond donors (Lipinski definition) is 0. The highest BCUT2D eigenvalue weighted by molar-refractivity contribution is 5.62. The van der Waals surface area contributed by atoms with Crippen LogP contribution in [-0.2, 0) is 0 Å². The first-order valence-corrected chi connectivity index (χ1v) is 9.92.